The second-order valence-electron chi connectivity index (χ2n) is 8.72. The number of piperidine rings is 1. The Hall–Kier alpha value is -3.63. The molecule has 0 saturated carbocycles. The number of aliphatic hydroxyl groups is 1. The second kappa shape index (κ2) is 9.55. The van der Waals surface area contributed by atoms with Gasteiger partial charge >= 0.3 is 0 Å². The van der Waals surface area contributed by atoms with E-state index in [0.717, 1.165) is 12.1 Å². The minimum absolute atomic E-state index is 0.0587. The monoisotopic (exact) mass is 481 g/mol. The van der Waals surface area contributed by atoms with Gasteiger partial charge in [-0.25, -0.2) is 13.8 Å². The Kier molecular flexibility index (Phi) is 6.31. The molecule has 5 rings (SSSR count). The molecule has 0 bridgehead atoms. The van der Waals surface area contributed by atoms with Gasteiger partial charge < -0.3 is 25.0 Å². The van der Waals surface area contributed by atoms with E-state index in [2.05, 4.69) is 25.2 Å². The van der Waals surface area contributed by atoms with Crippen LogP contribution in [0, 0.1) is 11.6 Å². The van der Waals surface area contributed by atoms with Gasteiger partial charge in [-0.3, -0.25) is 9.78 Å². The van der Waals surface area contributed by atoms with Crippen molar-refractivity contribution in [3.05, 3.63) is 65.5 Å². The molecule has 1 fully saturated rings. The van der Waals surface area contributed by atoms with Gasteiger partial charge in [0.25, 0.3) is 5.91 Å². The lowest BCUT2D eigenvalue weighted by Gasteiger charge is -2.33. The Labute approximate surface area is 199 Å². The number of β-amino-alcohol motifs (C(OH)–C–C–N with tert-alkyl or cyclic N) is 1. The molecule has 182 valence electrons. The zero-order chi connectivity index (χ0) is 24.5. The van der Waals surface area contributed by atoms with Crippen LogP contribution in [-0.2, 0) is 0 Å². The molecule has 0 unspecified atom stereocenters. The number of nitrogens with one attached hydrogen (secondary N) is 2. The van der Waals surface area contributed by atoms with E-state index in [4.69, 9.17) is 4.74 Å². The molecule has 1 atom stereocenters. The lowest BCUT2D eigenvalue weighted by molar-refractivity contribution is 0.0828. The Morgan fingerprint density at radius 2 is 2.06 bits per heavy atom. The van der Waals surface area contributed by atoms with Gasteiger partial charge in [0.1, 0.15) is 17.3 Å². The molecule has 8 nitrogen and oxygen atoms in total. The number of nitrogens with zero attached hydrogens (tertiary/aromatic N) is 3. The highest BCUT2D eigenvalue weighted by Gasteiger charge is 2.25. The van der Waals surface area contributed by atoms with Crippen molar-refractivity contribution in [3.63, 3.8) is 0 Å². The van der Waals surface area contributed by atoms with Crippen molar-refractivity contribution in [2.24, 2.45) is 0 Å². The molecule has 1 amide bonds. The number of fused-ring (bicyclic) bond motifs is 2. The van der Waals surface area contributed by atoms with Crippen molar-refractivity contribution < 1.29 is 23.4 Å². The summed E-state index contributed by atoms with van der Waals surface area (Å²) in [5.74, 6) is -1.31. The number of hydrogen-bond acceptors (Lipinski definition) is 6. The number of aromatic nitrogens is 3. The quantitative estimate of drug-likeness (QED) is 0.390. The summed E-state index contributed by atoms with van der Waals surface area (Å²) in [6, 6.07) is 8.60. The van der Waals surface area contributed by atoms with E-state index in [1.54, 1.807) is 25.4 Å². The summed E-state index contributed by atoms with van der Waals surface area (Å²) in [5.41, 5.74) is 2.41. The number of aliphatic hydroxyl groups excluding tert-OH is 1. The van der Waals surface area contributed by atoms with Gasteiger partial charge in [-0.2, -0.15) is 0 Å². The standard InChI is InChI=1S/C25H25F2N5O3/c1-35-23-3-2-19-24(31-23)16(4-7-28-19)22(33)13-32-8-5-15(6-9-32)29-25(34)21-12-17-18(27)10-14(26)11-20(17)30-21/h2-4,7,10-12,15,22,30,33H,5-6,8-9,13H2,1H3,(H,29,34)/t22-/m0/s1. The minimum Gasteiger partial charge on any atom is -0.481 e. The summed E-state index contributed by atoms with van der Waals surface area (Å²) < 4.78 is 32.6. The average molecular weight is 482 g/mol. The number of likely N-dealkylation sites (tertiary alicyclic amines) is 1. The fourth-order valence-electron chi connectivity index (χ4n) is 4.56. The lowest BCUT2D eigenvalue weighted by atomic mass is 10.0. The van der Waals surface area contributed by atoms with E-state index >= 15 is 0 Å². The number of benzene rings is 1. The molecule has 1 aromatic carbocycles. The molecule has 0 aliphatic carbocycles. The Morgan fingerprint density at radius 1 is 1.26 bits per heavy atom. The highest BCUT2D eigenvalue weighted by molar-refractivity contribution is 5.98. The number of pyridine rings is 2. The molecule has 1 aliphatic rings. The van der Waals surface area contributed by atoms with E-state index in [1.165, 1.54) is 6.07 Å². The van der Waals surface area contributed by atoms with E-state index in [-0.39, 0.29) is 28.5 Å². The number of carbonyl (C=O) groups is 1. The van der Waals surface area contributed by atoms with Crippen LogP contribution in [0.1, 0.15) is 35.0 Å². The van der Waals surface area contributed by atoms with Crippen LogP contribution >= 0.6 is 0 Å². The van der Waals surface area contributed by atoms with Crippen LogP contribution in [0.25, 0.3) is 21.9 Å². The summed E-state index contributed by atoms with van der Waals surface area (Å²) >= 11 is 0. The maximum Gasteiger partial charge on any atom is 0.267 e. The molecular formula is C25H25F2N5O3. The first-order chi connectivity index (χ1) is 16.9. The largest absolute Gasteiger partial charge is 0.481 e. The van der Waals surface area contributed by atoms with Crippen molar-refractivity contribution >= 4 is 27.8 Å². The predicted molar refractivity (Wildman–Crippen MR) is 126 cm³/mol. The van der Waals surface area contributed by atoms with Crippen molar-refractivity contribution in [1.82, 2.24) is 25.2 Å². The molecular weight excluding hydrogens is 456 g/mol. The number of aromatic amines is 1. The molecule has 3 N–H and O–H groups in total. The zero-order valence-corrected chi connectivity index (χ0v) is 19.1. The van der Waals surface area contributed by atoms with E-state index < -0.39 is 17.7 Å². The fourth-order valence-corrected chi connectivity index (χ4v) is 4.56. The van der Waals surface area contributed by atoms with Crippen LogP contribution in [0.3, 0.4) is 0 Å². The third kappa shape index (κ3) is 4.80. The predicted octanol–water partition coefficient (Wildman–Crippen LogP) is 3.33. The first-order valence-corrected chi connectivity index (χ1v) is 11.4. The maximum absolute atomic E-state index is 13.9. The Bertz CT molecular complexity index is 1380. The molecule has 0 radical (unpaired) electrons. The van der Waals surface area contributed by atoms with Gasteiger partial charge in [-0.05, 0) is 37.1 Å². The summed E-state index contributed by atoms with van der Waals surface area (Å²) in [6.07, 6.45) is 2.30. The van der Waals surface area contributed by atoms with E-state index in [9.17, 15) is 18.7 Å². The van der Waals surface area contributed by atoms with Crippen LogP contribution in [0.15, 0.2) is 42.6 Å². The smallest absolute Gasteiger partial charge is 0.267 e. The summed E-state index contributed by atoms with van der Waals surface area (Å²) in [7, 11) is 1.54. The first-order valence-electron chi connectivity index (χ1n) is 11.4. The average Bonchev–Trinajstić information content (AvgIpc) is 3.29. The van der Waals surface area contributed by atoms with Gasteiger partial charge in [0.2, 0.25) is 5.88 Å². The van der Waals surface area contributed by atoms with Gasteiger partial charge in [-0.15, -0.1) is 0 Å². The summed E-state index contributed by atoms with van der Waals surface area (Å²) in [6.45, 7) is 1.80. The number of methoxy groups -OCH3 is 1. The third-order valence-electron chi connectivity index (χ3n) is 6.41. The minimum atomic E-state index is -0.757. The SMILES string of the molecule is COc1ccc2nccc([C@@H](O)CN3CCC(NC(=O)c4cc5c(F)cc(F)cc5[nH]4)CC3)c2n1. The van der Waals surface area contributed by atoms with Gasteiger partial charge in [-0.1, -0.05) is 0 Å². The third-order valence-corrected chi connectivity index (χ3v) is 6.41. The number of halogens is 2. The first kappa shape index (κ1) is 23.1. The zero-order valence-electron chi connectivity index (χ0n) is 19.1. The van der Waals surface area contributed by atoms with Crippen LogP contribution in [-0.4, -0.2) is 63.7 Å². The van der Waals surface area contributed by atoms with Crippen LogP contribution in [0.2, 0.25) is 0 Å². The maximum atomic E-state index is 13.9. The number of hydrogen-bond donors (Lipinski definition) is 3. The second-order valence-corrected chi connectivity index (χ2v) is 8.72. The number of H-pyrrole nitrogens is 1. The molecule has 3 aromatic heterocycles. The van der Waals surface area contributed by atoms with Crippen LogP contribution in [0.5, 0.6) is 5.88 Å². The molecule has 4 heterocycles. The summed E-state index contributed by atoms with van der Waals surface area (Å²) in [4.78, 5) is 26.3. The Morgan fingerprint density at radius 3 is 2.83 bits per heavy atom. The number of amides is 1. The molecule has 1 aliphatic heterocycles. The Balaban J connectivity index is 1.19. The van der Waals surface area contributed by atoms with Crippen molar-refractivity contribution in [2.75, 3.05) is 26.7 Å². The van der Waals surface area contributed by atoms with Crippen molar-refractivity contribution in [3.8, 4) is 5.88 Å². The molecule has 10 heteroatoms. The van der Waals surface area contributed by atoms with Gasteiger partial charge in [0, 0.05) is 55.0 Å². The van der Waals surface area contributed by atoms with Crippen molar-refractivity contribution in [1.29, 1.82) is 0 Å². The van der Waals surface area contributed by atoms with Crippen molar-refractivity contribution in [2.45, 2.75) is 25.0 Å². The van der Waals surface area contributed by atoms with Crippen LogP contribution in [0.4, 0.5) is 8.78 Å². The van der Waals surface area contributed by atoms with Gasteiger partial charge in [0.15, 0.2) is 0 Å². The van der Waals surface area contributed by atoms with Crippen LogP contribution < -0.4 is 10.1 Å². The number of ether oxygens (including phenoxy) is 1. The number of rotatable bonds is 6. The fraction of sp³-hybridized carbons (Fsp3) is 0.320. The normalized spacial score (nSPS) is 16.0. The highest BCUT2D eigenvalue weighted by atomic mass is 19.1. The number of carbonyl (C=O) groups excluding carboxylic acids is 1. The molecule has 35 heavy (non-hydrogen) atoms. The highest BCUT2D eigenvalue weighted by Crippen LogP contribution is 2.25. The van der Waals surface area contributed by atoms with Gasteiger partial charge in [0.05, 0.1) is 29.8 Å². The molecule has 4 aromatic rings. The van der Waals surface area contributed by atoms with E-state index in [1.807, 2.05) is 6.07 Å². The summed E-state index contributed by atoms with van der Waals surface area (Å²) in [5, 5.41) is 14.1. The topological polar surface area (TPSA) is 103 Å². The molecule has 1 saturated heterocycles. The molecule has 0 spiro atoms. The lowest BCUT2D eigenvalue weighted by Crippen LogP contribution is -2.45. The van der Waals surface area contributed by atoms with E-state index in [0.29, 0.717) is 55.0 Å².